The molecule has 37 heavy (non-hydrogen) atoms. The normalized spacial score (nSPS) is 24.8. The molecule has 1 fully saturated rings. The summed E-state index contributed by atoms with van der Waals surface area (Å²) in [5.74, 6) is -1.43. The van der Waals surface area contributed by atoms with Crippen LogP contribution >= 0.6 is 26.6 Å². The molecule has 0 bridgehead atoms. The Balaban J connectivity index is 1.56. The zero-order chi connectivity index (χ0) is 27.1. The fraction of sp³-hybridized carbons (Fsp3) is 0.450. The first-order valence-corrected chi connectivity index (χ1v) is 15.2. The maximum Gasteiger partial charge on any atom is 0.335 e. The van der Waals surface area contributed by atoms with Gasteiger partial charge < -0.3 is 34.9 Å². The van der Waals surface area contributed by atoms with Gasteiger partial charge >= 0.3 is 7.60 Å². The molecule has 3 unspecified atom stereocenters. The summed E-state index contributed by atoms with van der Waals surface area (Å²) in [5, 5.41) is 24.0. The monoisotopic (exact) mass is 579 g/mol. The number of nitrogens with one attached hydrogen (secondary N) is 1. The van der Waals surface area contributed by atoms with Crippen LogP contribution in [0.15, 0.2) is 30.6 Å². The van der Waals surface area contributed by atoms with E-state index < -0.39 is 63.4 Å². The van der Waals surface area contributed by atoms with Crippen molar-refractivity contribution in [1.29, 1.82) is 0 Å². The van der Waals surface area contributed by atoms with Crippen LogP contribution in [0.1, 0.15) is 31.2 Å². The summed E-state index contributed by atoms with van der Waals surface area (Å²) in [4.78, 5) is 40.4. The van der Waals surface area contributed by atoms with Gasteiger partial charge in [-0.05, 0) is 31.0 Å². The summed E-state index contributed by atoms with van der Waals surface area (Å²) >= 11 is 6.11. The fourth-order valence-electron chi connectivity index (χ4n) is 4.17. The second-order valence-electron chi connectivity index (χ2n) is 8.76. The number of benzene rings is 1. The number of rotatable bonds is 9. The largest absolute Gasteiger partial charge is 0.388 e. The van der Waals surface area contributed by atoms with E-state index in [1.165, 1.54) is 17.0 Å². The number of anilines is 1. The number of ether oxygens (including phenoxy) is 1. The van der Waals surface area contributed by atoms with Crippen molar-refractivity contribution in [3.63, 3.8) is 0 Å². The van der Waals surface area contributed by atoms with Crippen molar-refractivity contribution in [2.75, 3.05) is 17.4 Å². The van der Waals surface area contributed by atoms with Crippen LogP contribution in [0.5, 0.6) is 0 Å². The molecular weight excluding hydrogens is 555 g/mol. The van der Waals surface area contributed by atoms with Crippen LogP contribution < -0.4 is 5.32 Å². The van der Waals surface area contributed by atoms with Gasteiger partial charge in [-0.3, -0.25) is 13.7 Å². The lowest BCUT2D eigenvalue weighted by atomic mass is 10.1. The van der Waals surface area contributed by atoms with Gasteiger partial charge in [0.05, 0.1) is 18.5 Å². The highest BCUT2D eigenvalue weighted by Crippen LogP contribution is 2.55. The van der Waals surface area contributed by atoms with E-state index in [9.17, 15) is 28.6 Å². The maximum atomic E-state index is 14.2. The molecule has 13 nitrogen and oxygen atoms in total. The average molecular weight is 580 g/mol. The molecular formula is C20H25ClFN5O8P2. The zero-order valence-corrected chi connectivity index (χ0v) is 21.8. The first kappa shape index (κ1) is 28.0. The molecule has 1 aliphatic heterocycles. The van der Waals surface area contributed by atoms with Crippen molar-refractivity contribution >= 4 is 43.5 Å². The molecule has 3 aromatic rings. The first-order chi connectivity index (χ1) is 17.3. The highest BCUT2D eigenvalue weighted by atomic mass is 35.5. The van der Waals surface area contributed by atoms with Crippen molar-refractivity contribution in [3.05, 3.63) is 47.3 Å². The Hall–Kier alpha value is -1.99. The SMILES string of the molecule is C[C@H](Nc1nc(Cl)nc2c1ncn2[C@@H]1O[C@H](CCP(=O)(O)CP(=O)(O)O)C(O)C1O)c1ccccc1F. The molecule has 0 aliphatic carbocycles. The van der Waals surface area contributed by atoms with E-state index in [1.54, 1.807) is 25.1 Å². The molecule has 0 saturated carbocycles. The molecule has 202 valence electrons. The van der Waals surface area contributed by atoms with Crippen LogP contribution in [0.3, 0.4) is 0 Å². The molecule has 0 spiro atoms. The molecule has 6 atom stereocenters. The number of halogens is 2. The van der Waals surface area contributed by atoms with Crippen LogP contribution in [-0.4, -0.2) is 74.8 Å². The third kappa shape index (κ3) is 6.36. The molecule has 1 saturated heterocycles. The highest BCUT2D eigenvalue weighted by Gasteiger charge is 2.45. The molecule has 6 N–H and O–H groups in total. The molecule has 3 heterocycles. The quantitative estimate of drug-likeness (QED) is 0.160. The molecule has 0 amide bonds. The minimum Gasteiger partial charge on any atom is -0.388 e. The number of hydrogen-bond donors (Lipinski definition) is 6. The van der Waals surface area contributed by atoms with E-state index in [2.05, 4.69) is 20.3 Å². The summed E-state index contributed by atoms with van der Waals surface area (Å²) in [5.41, 5.74) is 0.738. The van der Waals surface area contributed by atoms with E-state index in [4.69, 9.17) is 26.1 Å². The van der Waals surface area contributed by atoms with Crippen LogP contribution in [-0.2, 0) is 13.9 Å². The van der Waals surface area contributed by atoms with Gasteiger partial charge in [0.15, 0.2) is 23.2 Å². The van der Waals surface area contributed by atoms with E-state index in [0.29, 0.717) is 5.56 Å². The predicted octanol–water partition coefficient (Wildman–Crippen LogP) is 2.21. The summed E-state index contributed by atoms with van der Waals surface area (Å²) in [7, 11) is -8.94. The van der Waals surface area contributed by atoms with Crippen molar-refractivity contribution in [1.82, 2.24) is 19.5 Å². The van der Waals surface area contributed by atoms with Crippen molar-refractivity contribution in [2.45, 2.75) is 43.9 Å². The van der Waals surface area contributed by atoms with Crippen molar-refractivity contribution in [3.8, 4) is 0 Å². The van der Waals surface area contributed by atoms with Crippen LogP contribution in [0.2, 0.25) is 5.28 Å². The second-order valence-corrected chi connectivity index (χ2v) is 13.7. The average Bonchev–Trinajstić information content (AvgIpc) is 3.32. The zero-order valence-electron chi connectivity index (χ0n) is 19.3. The summed E-state index contributed by atoms with van der Waals surface area (Å²) in [6.07, 6.45) is -4.82. The maximum absolute atomic E-state index is 14.2. The number of hydrogen-bond acceptors (Lipinski definition) is 9. The third-order valence-corrected chi connectivity index (χ3v) is 10.3. The predicted molar refractivity (Wildman–Crippen MR) is 131 cm³/mol. The lowest BCUT2D eigenvalue weighted by molar-refractivity contribution is -0.0354. The van der Waals surface area contributed by atoms with Gasteiger partial charge in [-0.2, -0.15) is 9.97 Å². The Morgan fingerprint density at radius 2 is 1.89 bits per heavy atom. The summed E-state index contributed by atoms with van der Waals surface area (Å²) in [6.45, 7) is 1.72. The van der Waals surface area contributed by atoms with Crippen LogP contribution in [0.25, 0.3) is 11.2 Å². The Kier molecular flexibility index (Phi) is 8.06. The van der Waals surface area contributed by atoms with E-state index in [-0.39, 0.29) is 28.7 Å². The molecule has 1 aromatic carbocycles. The summed E-state index contributed by atoms with van der Waals surface area (Å²) < 4.78 is 44.5. The van der Waals surface area contributed by atoms with E-state index >= 15 is 0 Å². The van der Waals surface area contributed by atoms with Gasteiger partial charge in [-0.1, -0.05) is 18.2 Å². The standard InChI is InChI=1S/C20H25ClFN5O8P2/c1-10(11-4-2-3-5-12(11)22)24-17-14-18(26-20(21)25-17)27(8-23-14)19-16(29)15(28)13(35-19)6-7-36(30,31)9-37(32,33)34/h2-5,8,10,13,15-16,19,28-29H,6-7,9H2,1H3,(H,30,31)(H,24,25,26)(H2,32,33,34)/t10-,13+,15?,16?,19+/m0/s1. The van der Waals surface area contributed by atoms with E-state index in [1.807, 2.05) is 0 Å². The summed E-state index contributed by atoms with van der Waals surface area (Å²) in [6, 6.07) is 5.67. The number of aliphatic hydroxyl groups is 2. The van der Waals surface area contributed by atoms with Gasteiger partial charge in [0, 0.05) is 11.7 Å². The van der Waals surface area contributed by atoms with Crippen LogP contribution in [0, 0.1) is 5.82 Å². The third-order valence-electron chi connectivity index (χ3n) is 5.90. The highest BCUT2D eigenvalue weighted by molar-refractivity contribution is 7.72. The molecule has 17 heteroatoms. The molecule has 0 radical (unpaired) electrons. The van der Waals surface area contributed by atoms with Gasteiger partial charge in [-0.15, -0.1) is 0 Å². The Morgan fingerprint density at radius 1 is 1.19 bits per heavy atom. The Labute approximate surface area is 214 Å². The minimum atomic E-state index is -4.73. The smallest absolute Gasteiger partial charge is 0.335 e. The van der Waals surface area contributed by atoms with E-state index in [0.717, 1.165) is 0 Å². The Morgan fingerprint density at radius 3 is 2.57 bits per heavy atom. The van der Waals surface area contributed by atoms with Gasteiger partial charge in [0.2, 0.25) is 12.7 Å². The first-order valence-electron chi connectivity index (χ1n) is 11.0. The lowest BCUT2D eigenvalue weighted by Crippen LogP contribution is -2.32. The van der Waals surface area contributed by atoms with Crippen molar-refractivity contribution in [2.24, 2.45) is 0 Å². The van der Waals surface area contributed by atoms with Gasteiger partial charge in [0.25, 0.3) is 0 Å². The number of nitrogens with zero attached hydrogens (tertiary/aromatic N) is 4. The topological polar surface area (TPSA) is 200 Å². The molecule has 1 aliphatic rings. The van der Waals surface area contributed by atoms with Crippen molar-refractivity contribution < 1.29 is 43.2 Å². The number of fused-ring (bicyclic) bond motifs is 1. The molecule has 4 rings (SSSR count). The number of imidazole rings is 1. The minimum absolute atomic E-state index is 0.134. The number of aromatic nitrogens is 4. The van der Waals surface area contributed by atoms with Gasteiger partial charge in [0.1, 0.15) is 23.9 Å². The lowest BCUT2D eigenvalue weighted by Gasteiger charge is -2.18. The number of aliphatic hydroxyl groups excluding tert-OH is 2. The fourth-order valence-corrected chi connectivity index (χ4v) is 7.86. The molecule has 2 aromatic heterocycles. The second kappa shape index (κ2) is 10.6. The Bertz CT molecular complexity index is 1390. The van der Waals surface area contributed by atoms with Gasteiger partial charge in [-0.25, -0.2) is 9.37 Å². The van der Waals surface area contributed by atoms with Crippen LogP contribution in [0.4, 0.5) is 10.2 Å².